The van der Waals surface area contributed by atoms with Gasteiger partial charge in [0.25, 0.3) is 0 Å². The lowest BCUT2D eigenvalue weighted by molar-refractivity contribution is -0.138. The molecule has 0 saturated carbocycles. The van der Waals surface area contributed by atoms with Gasteiger partial charge in [-0.05, 0) is 19.4 Å². The van der Waals surface area contributed by atoms with Crippen molar-refractivity contribution in [2.75, 3.05) is 14.2 Å². The Morgan fingerprint density at radius 1 is 0.926 bits per heavy atom. The number of hydrogen-bond acceptors (Lipinski definition) is 5. The van der Waals surface area contributed by atoms with Gasteiger partial charge in [-0.25, -0.2) is 4.79 Å². The van der Waals surface area contributed by atoms with Crippen LogP contribution in [0.3, 0.4) is 0 Å². The van der Waals surface area contributed by atoms with Crippen LogP contribution in [0.25, 0.3) is 0 Å². The lowest BCUT2D eigenvalue weighted by Gasteiger charge is -2.25. The molecule has 5 heteroatoms. The van der Waals surface area contributed by atoms with E-state index in [9.17, 15) is 9.59 Å². The second-order valence-electron chi connectivity index (χ2n) is 5.09. The topological polar surface area (TPSA) is 64.6 Å². The molecule has 152 valence electrons. The first-order valence-electron chi connectivity index (χ1n) is 9.24. The van der Waals surface area contributed by atoms with E-state index in [1.54, 1.807) is 0 Å². The summed E-state index contributed by atoms with van der Waals surface area (Å²) in [5, 5.41) is 3.18. The normalized spacial score (nSPS) is 14.4. The average Bonchev–Trinajstić information content (AvgIpc) is 2.71. The number of ether oxygens (including phenoxy) is 2. The Hall–Kier alpha value is -2.56. The molecule has 1 aromatic rings. The van der Waals surface area contributed by atoms with E-state index in [0.717, 1.165) is 17.0 Å². The Balaban J connectivity index is 0. The third-order valence-corrected chi connectivity index (χ3v) is 3.37. The highest BCUT2D eigenvalue weighted by Gasteiger charge is 2.27. The van der Waals surface area contributed by atoms with Crippen molar-refractivity contribution in [3.8, 4) is 0 Å². The Kier molecular flexibility index (Phi) is 15.5. The van der Waals surface area contributed by atoms with Gasteiger partial charge in [0.05, 0.1) is 19.8 Å². The molecule has 0 radical (unpaired) electrons. The minimum Gasteiger partial charge on any atom is -0.469 e. The molecule has 0 fully saturated rings. The van der Waals surface area contributed by atoms with Crippen molar-refractivity contribution in [2.45, 2.75) is 54.4 Å². The van der Waals surface area contributed by atoms with E-state index >= 15 is 0 Å². The zero-order chi connectivity index (χ0) is 21.4. The highest BCUT2D eigenvalue weighted by molar-refractivity contribution is 5.92. The monoisotopic (exact) mass is 377 g/mol. The number of carbonyl (C=O) groups is 2. The number of nitrogens with one attached hydrogen (secondary N) is 1. The SMILES string of the molecule is CC.CC.COC(=O)C1=C(C)NC(C)=CC1c1ccccc1.COC(C)=O. The van der Waals surface area contributed by atoms with Crippen LogP contribution in [0.5, 0.6) is 0 Å². The van der Waals surface area contributed by atoms with Crippen molar-refractivity contribution < 1.29 is 19.1 Å². The van der Waals surface area contributed by atoms with Crippen molar-refractivity contribution in [3.05, 3.63) is 58.9 Å². The summed E-state index contributed by atoms with van der Waals surface area (Å²) in [4.78, 5) is 21.5. The van der Waals surface area contributed by atoms with Crippen molar-refractivity contribution in [1.82, 2.24) is 5.32 Å². The van der Waals surface area contributed by atoms with Crippen LogP contribution in [0.1, 0.15) is 59.9 Å². The number of carbonyl (C=O) groups excluding carboxylic acids is 2. The van der Waals surface area contributed by atoms with Crippen molar-refractivity contribution in [2.24, 2.45) is 0 Å². The van der Waals surface area contributed by atoms with Crippen molar-refractivity contribution in [3.63, 3.8) is 0 Å². The van der Waals surface area contributed by atoms with E-state index in [1.165, 1.54) is 21.1 Å². The van der Waals surface area contributed by atoms with Gasteiger partial charge in [0, 0.05) is 24.2 Å². The van der Waals surface area contributed by atoms with E-state index in [-0.39, 0.29) is 17.9 Å². The maximum atomic E-state index is 11.9. The molecule has 0 bridgehead atoms. The zero-order valence-electron chi connectivity index (χ0n) is 18.2. The predicted molar refractivity (Wildman–Crippen MR) is 111 cm³/mol. The van der Waals surface area contributed by atoms with Crippen LogP contribution in [0.2, 0.25) is 0 Å². The summed E-state index contributed by atoms with van der Waals surface area (Å²) in [6, 6.07) is 9.97. The summed E-state index contributed by atoms with van der Waals surface area (Å²) in [5.41, 5.74) is 3.68. The molecule has 1 aromatic carbocycles. The van der Waals surface area contributed by atoms with Crippen LogP contribution in [0, 0.1) is 0 Å². The van der Waals surface area contributed by atoms with E-state index < -0.39 is 0 Å². The number of dihydropyridines is 1. The molecule has 1 aliphatic rings. The van der Waals surface area contributed by atoms with E-state index in [2.05, 4.69) is 16.1 Å². The number of allylic oxidation sites excluding steroid dienone is 3. The Morgan fingerprint density at radius 3 is 1.81 bits per heavy atom. The van der Waals surface area contributed by atoms with Crippen LogP contribution in [-0.2, 0) is 19.1 Å². The van der Waals surface area contributed by atoms with Crippen molar-refractivity contribution in [1.29, 1.82) is 0 Å². The molecule has 2 rings (SSSR count). The van der Waals surface area contributed by atoms with Gasteiger partial charge in [0.2, 0.25) is 0 Å². The molecule has 1 N–H and O–H groups in total. The molecule has 0 spiro atoms. The second-order valence-corrected chi connectivity index (χ2v) is 5.09. The van der Waals surface area contributed by atoms with Gasteiger partial charge in [0.1, 0.15) is 0 Å². The van der Waals surface area contributed by atoms with Crippen LogP contribution >= 0.6 is 0 Å². The molecule has 1 aliphatic heterocycles. The molecule has 1 heterocycles. The summed E-state index contributed by atoms with van der Waals surface area (Å²) in [5.74, 6) is -0.567. The fraction of sp³-hybridized carbons (Fsp3) is 0.455. The highest BCUT2D eigenvalue weighted by Crippen LogP contribution is 2.32. The number of esters is 2. The molecule has 0 aliphatic carbocycles. The summed E-state index contributed by atoms with van der Waals surface area (Å²) in [6.07, 6.45) is 2.05. The summed E-state index contributed by atoms with van der Waals surface area (Å²) >= 11 is 0. The fourth-order valence-electron chi connectivity index (χ4n) is 2.28. The van der Waals surface area contributed by atoms with Gasteiger partial charge in [-0.1, -0.05) is 64.1 Å². The minimum atomic E-state index is -0.280. The van der Waals surface area contributed by atoms with E-state index in [4.69, 9.17) is 4.74 Å². The van der Waals surface area contributed by atoms with Gasteiger partial charge < -0.3 is 14.8 Å². The average molecular weight is 378 g/mol. The van der Waals surface area contributed by atoms with E-state index in [1.807, 2.05) is 71.9 Å². The van der Waals surface area contributed by atoms with Gasteiger partial charge in [-0.15, -0.1) is 0 Å². The molecule has 1 unspecified atom stereocenters. The van der Waals surface area contributed by atoms with Crippen LogP contribution in [-0.4, -0.2) is 26.2 Å². The number of rotatable bonds is 2. The Bertz CT molecular complexity index is 618. The number of methoxy groups -OCH3 is 2. The first-order chi connectivity index (χ1) is 12.9. The summed E-state index contributed by atoms with van der Waals surface area (Å²) in [7, 11) is 2.76. The lowest BCUT2D eigenvalue weighted by atomic mass is 9.87. The Labute approximate surface area is 164 Å². The molecule has 0 amide bonds. The summed E-state index contributed by atoms with van der Waals surface area (Å²) in [6.45, 7) is 13.3. The molecule has 5 nitrogen and oxygen atoms in total. The van der Waals surface area contributed by atoms with Crippen LogP contribution in [0.15, 0.2) is 53.4 Å². The first-order valence-corrected chi connectivity index (χ1v) is 9.24. The third-order valence-electron chi connectivity index (χ3n) is 3.37. The maximum absolute atomic E-state index is 11.9. The number of hydrogen-bond donors (Lipinski definition) is 1. The minimum absolute atomic E-state index is 0.0418. The predicted octanol–water partition coefficient (Wildman–Crippen LogP) is 4.96. The van der Waals surface area contributed by atoms with Crippen LogP contribution < -0.4 is 5.32 Å². The van der Waals surface area contributed by atoms with Gasteiger partial charge in [-0.3, -0.25) is 4.79 Å². The molecule has 27 heavy (non-hydrogen) atoms. The van der Waals surface area contributed by atoms with Gasteiger partial charge in [0.15, 0.2) is 0 Å². The largest absolute Gasteiger partial charge is 0.469 e. The zero-order valence-corrected chi connectivity index (χ0v) is 18.2. The first kappa shape index (κ1) is 26.7. The molecule has 0 aromatic heterocycles. The maximum Gasteiger partial charge on any atom is 0.336 e. The molecule has 0 saturated heterocycles. The molecular weight excluding hydrogens is 342 g/mol. The van der Waals surface area contributed by atoms with E-state index in [0.29, 0.717) is 5.57 Å². The van der Waals surface area contributed by atoms with Crippen molar-refractivity contribution >= 4 is 11.9 Å². The van der Waals surface area contributed by atoms with Gasteiger partial charge >= 0.3 is 11.9 Å². The quantitative estimate of drug-likeness (QED) is 0.738. The lowest BCUT2D eigenvalue weighted by Crippen LogP contribution is -2.25. The third kappa shape index (κ3) is 9.64. The standard InChI is InChI=1S/C15H17NO2.C3H6O2.2C2H6/c1-10-9-13(12-7-5-4-6-8-12)14(11(2)16-10)15(17)18-3;1-3(4)5-2;2*1-2/h4-9,13,16H,1-3H3;1-2H3;2*1-2H3. The summed E-state index contributed by atoms with van der Waals surface area (Å²) < 4.78 is 8.99. The second kappa shape index (κ2) is 15.7. The number of benzene rings is 1. The van der Waals surface area contributed by atoms with Crippen LogP contribution in [0.4, 0.5) is 0 Å². The Morgan fingerprint density at radius 2 is 1.41 bits per heavy atom. The molecule has 1 atom stereocenters. The van der Waals surface area contributed by atoms with Gasteiger partial charge in [-0.2, -0.15) is 0 Å². The molecular formula is C22H35NO4. The fourth-order valence-corrected chi connectivity index (χ4v) is 2.28. The highest BCUT2D eigenvalue weighted by atomic mass is 16.5. The smallest absolute Gasteiger partial charge is 0.336 e.